The highest BCUT2D eigenvalue weighted by atomic mass is 32.2. The number of fused-ring (bicyclic) bond motifs is 1. The minimum absolute atomic E-state index is 0.154. The topological polar surface area (TPSA) is 77.1 Å². The van der Waals surface area contributed by atoms with Crippen LogP contribution in [0.2, 0.25) is 0 Å². The van der Waals surface area contributed by atoms with Crippen molar-refractivity contribution in [1.29, 1.82) is 0 Å². The average molecular weight is 452 g/mol. The molecule has 2 aromatic heterocycles. The Morgan fingerprint density at radius 1 is 1.13 bits per heavy atom. The van der Waals surface area contributed by atoms with Gasteiger partial charge in [-0.05, 0) is 49.6 Å². The van der Waals surface area contributed by atoms with Crippen LogP contribution >= 0.6 is 23.5 Å². The first kappa shape index (κ1) is 21.3. The van der Waals surface area contributed by atoms with E-state index >= 15 is 0 Å². The fourth-order valence-electron chi connectivity index (χ4n) is 3.13. The summed E-state index contributed by atoms with van der Waals surface area (Å²) in [6.07, 6.45) is 3.54. The van der Waals surface area contributed by atoms with Crippen LogP contribution in [0.3, 0.4) is 0 Å². The first-order chi connectivity index (χ1) is 15.1. The Morgan fingerprint density at radius 2 is 1.90 bits per heavy atom. The number of rotatable bonds is 7. The van der Waals surface area contributed by atoms with Crippen LogP contribution in [-0.4, -0.2) is 27.0 Å². The van der Waals surface area contributed by atoms with Gasteiger partial charge in [-0.15, -0.1) is 11.8 Å². The van der Waals surface area contributed by atoms with Gasteiger partial charge < -0.3 is 9.73 Å². The van der Waals surface area contributed by atoms with Crippen molar-refractivity contribution in [3.8, 4) is 0 Å². The highest BCUT2D eigenvalue weighted by molar-refractivity contribution is 8.00. The van der Waals surface area contributed by atoms with Crippen LogP contribution in [0.4, 0.5) is 5.69 Å². The van der Waals surface area contributed by atoms with Crippen molar-refractivity contribution in [3.05, 3.63) is 83.0 Å². The molecule has 0 radical (unpaired) electrons. The predicted molar refractivity (Wildman–Crippen MR) is 126 cm³/mol. The standard InChI is InChI=1S/C23H21N3O3S2/c1-15(21(27)24-19-11-5-6-12-20(19)30-2)31-23-25-18-10-4-3-9-17(18)22(28)26(23)14-16-8-7-13-29-16/h3-13,15H,14H2,1-2H3,(H,24,27). The number of anilines is 1. The van der Waals surface area contributed by atoms with Crippen molar-refractivity contribution in [2.75, 3.05) is 11.6 Å². The van der Waals surface area contributed by atoms with Gasteiger partial charge in [0.25, 0.3) is 5.56 Å². The molecule has 0 bridgehead atoms. The van der Waals surface area contributed by atoms with Crippen molar-refractivity contribution < 1.29 is 9.21 Å². The molecule has 1 unspecified atom stereocenters. The van der Waals surface area contributed by atoms with E-state index in [0.717, 1.165) is 10.6 Å². The van der Waals surface area contributed by atoms with E-state index in [-0.39, 0.29) is 18.0 Å². The Kier molecular flexibility index (Phi) is 6.48. The van der Waals surface area contributed by atoms with Crippen molar-refractivity contribution in [2.45, 2.75) is 28.8 Å². The molecule has 2 heterocycles. The highest BCUT2D eigenvalue weighted by Crippen LogP contribution is 2.27. The molecule has 1 N–H and O–H groups in total. The van der Waals surface area contributed by atoms with Gasteiger partial charge in [-0.1, -0.05) is 36.0 Å². The number of thioether (sulfide) groups is 2. The molecule has 0 fully saturated rings. The number of carbonyl (C=O) groups is 1. The number of carbonyl (C=O) groups excluding carboxylic acids is 1. The van der Waals surface area contributed by atoms with E-state index < -0.39 is 5.25 Å². The van der Waals surface area contributed by atoms with E-state index in [0.29, 0.717) is 21.8 Å². The fraction of sp³-hybridized carbons (Fsp3) is 0.174. The zero-order valence-electron chi connectivity index (χ0n) is 17.1. The number of hydrogen-bond donors (Lipinski definition) is 1. The maximum atomic E-state index is 13.2. The summed E-state index contributed by atoms with van der Waals surface area (Å²) in [4.78, 5) is 31.7. The smallest absolute Gasteiger partial charge is 0.262 e. The summed E-state index contributed by atoms with van der Waals surface area (Å²) >= 11 is 2.82. The highest BCUT2D eigenvalue weighted by Gasteiger charge is 2.21. The van der Waals surface area contributed by atoms with Gasteiger partial charge in [-0.25, -0.2) is 4.98 Å². The van der Waals surface area contributed by atoms with Gasteiger partial charge in [0.05, 0.1) is 34.6 Å². The van der Waals surface area contributed by atoms with E-state index in [4.69, 9.17) is 4.42 Å². The molecule has 0 spiro atoms. The van der Waals surface area contributed by atoms with Crippen LogP contribution < -0.4 is 10.9 Å². The molecule has 1 atom stereocenters. The van der Waals surface area contributed by atoms with Crippen molar-refractivity contribution in [1.82, 2.24) is 9.55 Å². The van der Waals surface area contributed by atoms with E-state index in [9.17, 15) is 9.59 Å². The first-order valence-corrected chi connectivity index (χ1v) is 11.8. The van der Waals surface area contributed by atoms with Gasteiger partial charge in [0.15, 0.2) is 5.16 Å². The van der Waals surface area contributed by atoms with Crippen molar-refractivity contribution in [2.24, 2.45) is 0 Å². The zero-order chi connectivity index (χ0) is 21.8. The van der Waals surface area contributed by atoms with Crippen molar-refractivity contribution in [3.63, 3.8) is 0 Å². The van der Waals surface area contributed by atoms with Crippen LogP contribution in [0.1, 0.15) is 12.7 Å². The molecule has 158 valence electrons. The number of nitrogens with one attached hydrogen (secondary N) is 1. The summed E-state index contributed by atoms with van der Waals surface area (Å²) in [5, 5.41) is 3.52. The SMILES string of the molecule is CSc1ccccc1NC(=O)C(C)Sc1nc2ccccc2c(=O)n1Cc1ccco1. The maximum Gasteiger partial charge on any atom is 0.262 e. The first-order valence-electron chi connectivity index (χ1n) is 9.69. The molecule has 0 aliphatic carbocycles. The minimum atomic E-state index is -0.467. The molecule has 0 saturated carbocycles. The van der Waals surface area contributed by atoms with Gasteiger partial charge in [0.1, 0.15) is 5.76 Å². The third kappa shape index (κ3) is 4.70. The van der Waals surface area contributed by atoms with E-state index in [1.807, 2.05) is 48.7 Å². The van der Waals surface area contributed by atoms with Gasteiger partial charge in [-0.3, -0.25) is 14.2 Å². The summed E-state index contributed by atoms with van der Waals surface area (Å²) in [6, 6.07) is 18.5. The third-order valence-electron chi connectivity index (χ3n) is 4.74. The number of hydrogen-bond acceptors (Lipinski definition) is 6. The molecule has 31 heavy (non-hydrogen) atoms. The van der Waals surface area contributed by atoms with Gasteiger partial charge >= 0.3 is 0 Å². The quantitative estimate of drug-likeness (QED) is 0.319. The normalized spacial score (nSPS) is 12.1. The number of benzene rings is 2. The van der Waals surface area contributed by atoms with E-state index in [1.54, 1.807) is 47.7 Å². The molecule has 0 aliphatic rings. The van der Waals surface area contributed by atoms with Gasteiger partial charge in [-0.2, -0.15) is 0 Å². The Labute approximate surface area is 188 Å². The van der Waals surface area contributed by atoms with Gasteiger partial charge in [0.2, 0.25) is 5.91 Å². The van der Waals surface area contributed by atoms with Crippen LogP contribution in [-0.2, 0) is 11.3 Å². The van der Waals surface area contributed by atoms with E-state index in [1.165, 1.54) is 11.8 Å². The van der Waals surface area contributed by atoms with Crippen LogP contribution in [0, 0.1) is 0 Å². The minimum Gasteiger partial charge on any atom is -0.467 e. The molecule has 2 aromatic carbocycles. The summed E-state index contributed by atoms with van der Waals surface area (Å²) in [5.41, 5.74) is 1.21. The molecule has 0 aliphatic heterocycles. The molecular weight excluding hydrogens is 430 g/mol. The number of aromatic nitrogens is 2. The van der Waals surface area contributed by atoms with E-state index in [2.05, 4.69) is 10.3 Å². The molecule has 0 saturated heterocycles. The predicted octanol–water partition coefficient (Wildman–Crippen LogP) is 4.88. The Hall–Kier alpha value is -2.97. The molecule has 4 aromatic rings. The van der Waals surface area contributed by atoms with Crippen LogP contribution in [0.5, 0.6) is 0 Å². The molecule has 1 amide bonds. The average Bonchev–Trinajstić information content (AvgIpc) is 3.30. The summed E-state index contributed by atoms with van der Waals surface area (Å²) in [6.45, 7) is 2.05. The number of furan rings is 1. The second-order valence-electron chi connectivity index (χ2n) is 6.83. The van der Waals surface area contributed by atoms with Crippen LogP contribution in [0.15, 0.2) is 86.2 Å². The fourth-order valence-corrected chi connectivity index (χ4v) is 4.59. The lowest BCUT2D eigenvalue weighted by molar-refractivity contribution is -0.115. The second-order valence-corrected chi connectivity index (χ2v) is 8.99. The Balaban J connectivity index is 1.64. The number of amides is 1. The van der Waals surface area contributed by atoms with Crippen LogP contribution in [0.25, 0.3) is 10.9 Å². The lowest BCUT2D eigenvalue weighted by atomic mass is 10.2. The third-order valence-corrected chi connectivity index (χ3v) is 6.62. The molecular formula is C23H21N3O3S2. The Morgan fingerprint density at radius 3 is 2.68 bits per heavy atom. The maximum absolute atomic E-state index is 13.2. The zero-order valence-corrected chi connectivity index (χ0v) is 18.7. The lowest BCUT2D eigenvalue weighted by Crippen LogP contribution is -2.27. The summed E-state index contributed by atoms with van der Waals surface area (Å²) in [7, 11) is 0. The summed E-state index contributed by atoms with van der Waals surface area (Å²) < 4.78 is 7.00. The molecule has 4 rings (SSSR count). The Bertz CT molecular complexity index is 1270. The lowest BCUT2D eigenvalue weighted by Gasteiger charge is -2.16. The molecule has 8 heteroatoms. The second kappa shape index (κ2) is 9.45. The largest absolute Gasteiger partial charge is 0.467 e. The van der Waals surface area contributed by atoms with Gasteiger partial charge in [0, 0.05) is 4.90 Å². The number of para-hydroxylation sites is 2. The summed E-state index contributed by atoms with van der Waals surface area (Å²) in [5.74, 6) is 0.491. The number of nitrogens with zero attached hydrogens (tertiary/aromatic N) is 2. The van der Waals surface area contributed by atoms with Crippen molar-refractivity contribution >= 4 is 46.0 Å². The molecule has 6 nitrogen and oxygen atoms in total. The monoisotopic (exact) mass is 451 g/mol.